The number of hydrogen-bond acceptors (Lipinski definition) is 3. The molecule has 0 spiro atoms. The molecule has 0 heterocycles. The van der Waals surface area contributed by atoms with Gasteiger partial charge in [0, 0.05) is 23.6 Å². The van der Waals surface area contributed by atoms with E-state index in [1.165, 1.54) is 0 Å². The van der Waals surface area contributed by atoms with Crippen molar-refractivity contribution >= 4 is 26.0 Å². The van der Waals surface area contributed by atoms with Crippen LogP contribution in [0, 0.1) is 6.92 Å². The molecule has 2 N–H and O–H groups in total. The number of sulfonamides is 1. The van der Waals surface area contributed by atoms with E-state index in [0.29, 0.717) is 22.5 Å². The highest BCUT2D eigenvalue weighted by Crippen LogP contribution is 2.36. The molecule has 0 aromatic heterocycles. The third-order valence-corrected chi connectivity index (χ3v) is 7.08. The molecule has 0 radical (unpaired) electrons. The van der Waals surface area contributed by atoms with Crippen molar-refractivity contribution in [3.63, 3.8) is 0 Å². The molecule has 1 saturated carbocycles. The van der Waals surface area contributed by atoms with Crippen molar-refractivity contribution in [3.8, 4) is 0 Å². The molecule has 1 aromatic rings. The quantitative estimate of drug-likeness (QED) is 0.796. The Balaban J connectivity index is 2.44. The standard InChI is InChI=1S/C15H23BrN2O2S/c1-3-4-7-18(13-5-6-13)21(19,20)14-9-12(10-17)8-11(2)15(14)16/h8-9,13H,3-7,10,17H2,1-2H3. The molecule has 4 nitrogen and oxygen atoms in total. The van der Waals surface area contributed by atoms with Crippen LogP contribution in [0.1, 0.15) is 43.7 Å². The Morgan fingerprint density at radius 2 is 2.05 bits per heavy atom. The second-order valence-electron chi connectivity index (χ2n) is 5.63. The van der Waals surface area contributed by atoms with Gasteiger partial charge in [-0.25, -0.2) is 8.42 Å². The molecule has 0 amide bonds. The van der Waals surface area contributed by atoms with E-state index < -0.39 is 10.0 Å². The lowest BCUT2D eigenvalue weighted by Gasteiger charge is -2.23. The van der Waals surface area contributed by atoms with Gasteiger partial charge in [0.25, 0.3) is 0 Å². The number of halogens is 1. The molecule has 0 bridgehead atoms. The van der Waals surface area contributed by atoms with E-state index in [1.54, 1.807) is 10.4 Å². The number of aryl methyl sites for hydroxylation is 1. The monoisotopic (exact) mass is 374 g/mol. The van der Waals surface area contributed by atoms with Crippen LogP contribution in [0.2, 0.25) is 0 Å². The van der Waals surface area contributed by atoms with Crippen LogP contribution in [0.5, 0.6) is 0 Å². The van der Waals surface area contributed by atoms with Gasteiger partial charge in [-0.3, -0.25) is 0 Å². The van der Waals surface area contributed by atoms with Crippen molar-refractivity contribution < 1.29 is 8.42 Å². The molecule has 2 rings (SSSR count). The van der Waals surface area contributed by atoms with Gasteiger partial charge in [0.2, 0.25) is 10.0 Å². The third kappa shape index (κ3) is 3.67. The maximum Gasteiger partial charge on any atom is 0.244 e. The first-order valence-corrected chi connectivity index (χ1v) is 9.66. The SMILES string of the molecule is CCCCN(C1CC1)S(=O)(=O)c1cc(CN)cc(C)c1Br. The summed E-state index contributed by atoms with van der Waals surface area (Å²) in [5.74, 6) is 0. The van der Waals surface area contributed by atoms with Crippen molar-refractivity contribution in [1.82, 2.24) is 4.31 Å². The van der Waals surface area contributed by atoms with Crippen molar-refractivity contribution in [2.45, 2.75) is 57.0 Å². The van der Waals surface area contributed by atoms with Crippen LogP contribution < -0.4 is 5.73 Å². The molecule has 0 aliphatic heterocycles. The number of rotatable bonds is 7. The van der Waals surface area contributed by atoms with E-state index in [4.69, 9.17) is 5.73 Å². The minimum absolute atomic E-state index is 0.176. The second kappa shape index (κ2) is 6.77. The Morgan fingerprint density at radius 1 is 1.38 bits per heavy atom. The summed E-state index contributed by atoms with van der Waals surface area (Å²) in [5.41, 5.74) is 7.44. The zero-order valence-electron chi connectivity index (χ0n) is 12.6. The van der Waals surface area contributed by atoms with Gasteiger partial charge < -0.3 is 5.73 Å². The smallest absolute Gasteiger partial charge is 0.244 e. The maximum absolute atomic E-state index is 13.0. The minimum atomic E-state index is -3.46. The Labute approximate surface area is 135 Å². The third-order valence-electron chi connectivity index (χ3n) is 3.79. The highest BCUT2D eigenvalue weighted by Gasteiger charge is 2.38. The van der Waals surface area contributed by atoms with Crippen molar-refractivity contribution in [2.75, 3.05) is 6.54 Å². The number of hydrogen-bond donors (Lipinski definition) is 1. The topological polar surface area (TPSA) is 63.4 Å². The number of unbranched alkanes of at least 4 members (excludes halogenated alkanes) is 1. The van der Waals surface area contributed by atoms with Gasteiger partial charge in [-0.05, 0) is 59.3 Å². The molecular formula is C15H23BrN2O2S. The van der Waals surface area contributed by atoms with Crippen LogP contribution in [-0.4, -0.2) is 25.3 Å². The molecule has 0 unspecified atom stereocenters. The first kappa shape index (κ1) is 16.9. The molecule has 1 aliphatic carbocycles. The van der Waals surface area contributed by atoms with Gasteiger partial charge in [0.05, 0.1) is 4.90 Å². The highest BCUT2D eigenvalue weighted by atomic mass is 79.9. The molecular weight excluding hydrogens is 352 g/mol. The fourth-order valence-corrected chi connectivity index (χ4v) is 5.17. The van der Waals surface area contributed by atoms with Crippen molar-refractivity contribution in [2.24, 2.45) is 5.73 Å². The van der Waals surface area contributed by atoms with Crippen LogP contribution in [0.25, 0.3) is 0 Å². The van der Waals surface area contributed by atoms with Gasteiger partial charge in [0.1, 0.15) is 0 Å². The predicted octanol–water partition coefficient (Wildman–Crippen LogP) is 3.17. The maximum atomic E-state index is 13.0. The van der Waals surface area contributed by atoms with Gasteiger partial charge in [-0.1, -0.05) is 19.4 Å². The average molecular weight is 375 g/mol. The fourth-order valence-electron chi connectivity index (χ4n) is 2.42. The zero-order chi connectivity index (χ0) is 15.6. The number of nitrogens with zero attached hydrogens (tertiary/aromatic N) is 1. The summed E-state index contributed by atoms with van der Waals surface area (Å²) < 4.78 is 28.4. The van der Waals surface area contributed by atoms with E-state index >= 15 is 0 Å². The molecule has 21 heavy (non-hydrogen) atoms. The Morgan fingerprint density at radius 3 is 2.57 bits per heavy atom. The van der Waals surface area contributed by atoms with E-state index in [9.17, 15) is 8.42 Å². The lowest BCUT2D eigenvalue weighted by Crippen LogP contribution is -2.34. The van der Waals surface area contributed by atoms with Crippen LogP contribution in [0.4, 0.5) is 0 Å². The van der Waals surface area contributed by atoms with E-state index in [2.05, 4.69) is 22.9 Å². The van der Waals surface area contributed by atoms with E-state index in [1.807, 2.05) is 13.0 Å². The molecule has 1 aliphatic rings. The Bertz CT molecular complexity index is 612. The van der Waals surface area contributed by atoms with E-state index in [0.717, 1.165) is 36.8 Å². The molecule has 1 fully saturated rings. The fraction of sp³-hybridized carbons (Fsp3) is 0.600. The Hall–Kier alpha value is -0.430. The normalized spacial score (nSPS) is 15.7. The summed E-state index contributed by atoms with van der Waals surface area (Å²) in [6.45, 7) is 4.92. The molecule has 6 heteroatoms. The van der Waals surface area contributed by atoms with Crippen molar-refractivity contribution in [1.29, 1.82) is 0 Å². The number of nitrogens with two attached hydrogens (primary N) is 1. The van der Waals surface area contributed by atoms with Gasteiger partial charge in [-0.15, -0.1) is 0 Å². The summed E-state index contributed by atoms with van der Waals surface area (Å²) in [6.07, 6.45) is 3.82. The van der Waals surface area contributed by atoms with Gasteiger partial charge in [-0.2, -0.15) is 4.31 Å². The summed E-state index contributed by atoms with van der Waals surface area (Å²) in [5, 5.41) is 0. The van der Waals surface area contributed by atoms with Crippen LogP contribution in [0.3, 0.4) is 0 Å². The second-order valence-corrected chi connectivity index (χ2v) is 8.28. The Kier molecular flexibility index (Phi) is 5.46. The largest absolute Gasteiger partial charge is 0.326 e. The highest BCUT2D eigenvalue weighted by molar-refractivity contribution is 9.10. The van der Waals surface area contributed by atoms with Crippen molar-refractivity contribution in [3.05, 3.63) is 27.7 Å². The summed E-state index contributed by atoms with van der Waals surface area (Å²) in [4.78, 5) is 0.353. The summed E-state index contributed by atoms with van der Waals surface area (Å²) in [6, 6.07) is 3.81. The van der Waals surface area contributed by atoms with Gasteiger partial charge >= 0.3 is 0 Å². The first-order valence-electron chi connectivity index (χ1n) is 7.42. The lowest BCUT2D eigenvalue weighted by atomic mass is 10.1. The summed E-state index contributed by atoms with van der Waals surface area (Å²) >= 11 is 3.44. The zero-order valence-corrected chi connectivity index (χ0v) is 15.0. The van der Waals surface area contributed by atoms with Crippen LogP contribution in [0.15, 0.2) is 21.5 Å². The molecule has 0 atom stereocenters. The molecule has 1 aromatic carbocycles. The van der Waals surface area contributed by atoms with Crippen LogP contribution >= 0.6 is 15.9 Å². The molecule has 118 valence electrons. The lowest BCUT2D eigenvalue weighted by molar-refractivity contribution is 0.395. The van der Waals surface area contributed by atoms with E-state index in [-0.39, 0.29) is 6.04 Å². The molecule has 0 saturated heterocycles. The van der Waals surface area contributed by atoms with Crippen LogP contribution in [-0.2, 0) is 16.6 Å². The minimum Gasteiger partial charge on any atom is -0.326 e. The average Bonchev–Trinajstić information content (AvgIpc) is 3.26. The summed E-state index contributed by atoms with van der Waals surface area (Å²) in [7, 11) is -3.46. The van der Waals surface area contributed by atoms with Gasteiger partial charge in [0.15, 0.2) is 0 Å². The number of benzene rings is 1. The first-order chi connectivity index (χ1) is 9.91. The predicted molar refractivity (Wildman–Crippen MR) is 88.6 cm³/mol.